The summed E-state index contributed by atoms with van der Waals surface area (Å²) in [5, 5.41) is 8.71. The molecule has 3 aromatic rings. The highest BCUT2D eigenvalue weighted by Crippen LogP contribution is 2.22. The molecular formula is C16H14N4O2S. The monoisotopic (exact) mass is 326 g/mol. The molecule has 7 heteroatoms. The van der Waals surface area contributed by atoms with Crippen molar-refractivity contribution in [2.75, 3.05) is 0 Å². The van der Waals surface area contributed by atoms with Crippen molar-refractivity contribution in [2.45, 2.75) is 6.54 Å². The van der Waals surface area contributed by atoms with Gasteiger partial charge in [-0.25, -0.2) is 4.68 Å². The minimum Gasteiger partial charge on any atom is -0.347 e. The molecule has 3 aromatic heterocycles. The average molecular weight is 326 g/mol. The van der Waals surface area contributed by atoms with Gasteiger partial charge in [-0.2, -0.15) is 5.10 Å². The van der Waals surface area contributed by atoms with E-state index in [-0.39, 0.29) is 17.2 Å². The second-order valence-electron chi connectivity index (χ2n) is 4.89. The lowest BCUT2D eigenvalue weighted by Gasteiger charge is -2.06. The Morgan fingerprint density at radius 3 is 2.91 bits per heavy atom. The zero-order valence-corrected chi connectivity index (χ0v) is 13.2. The first kappa shape index (κ1) is 15.1. The van der Waals surface area contributed by atoms with Crippen molar-refractivity contribution in [3.63, 3.8) is 0 Å². The van der Waals surface area contributed by atoms with Crippen LogP contribution in [0, 0.1) is 0 Å². The number of carbonyl (C=O) groups excluding carboxylic acids is 1. The molecule has 3 heterocycles. The molecule has 0 bridgehead atoms. The van der Waals surface area contributed by atoms with Crippen LogP contribution in [0.4, 0.5) is 0 Å². The van der Waals surface area contributed by atoms with E-state index in [2.05, 4.69) is 15.4 Å². The number of nitrogens with zero attached hydrogens (tertiary/aromatic N) is 3. The first-order valence-electron chi connectivity index (χ1n) is 6.95. The van der Waals surface area contributed by atoms with Crippen molar-refractivity contribution in [3.8, 4) is 10.6 Å². The summed E-state index contributed by atoms with van der Waals surface area (Å²) in [5.41, 5.74) is 1.78. The average Bonchev–Trinajstić information content (AvgIpc) is 3.10. The number of pyridine rings is 1. The third kappa shape index (κ3) is 3.51. The fourth-order valence-corrected chi connectivity index (χ4v) is 2.73. The van der Waals surface area contributed by atoms with E-state index < -0.39 is 0 Å². The second kappa shape index (κ2) is 6.53. The van der Waals surface area contributed by atoms with Crippen LogP contribution in [0.25, 0.3) is 10.6 Å². The maximum Gasteiger partial charge on any atom is 0.271 e. The topological polar surface area (TPSA) is 76.9 Å². The lowest BCUT2D eigenvalue weighted by atomic mass is 10.2. The summed E-state index contributed by atoms with van der Waals surface area (Å²) >= 11 is 1.62. The molecule has 6 nitrogen and oxygen atoms in total. The van der Waals surface area contributed by atoms with Gasteiger partial charge in [0, 0.05) is 25.9 Å². The predicted molar refractivity (Wildman–Crippen MR) is 88.2 cm³/mol. The van der Waals surface area contributed by atoms with Crippen LogP contribution in [-0.4, -0.2) is 20.7 Å². The fourth-order valence-electron chi connectivity index (χ4n) is 2.04. The molecule has 0 aliphatic rings. The molecular weight excluding hydrogens is 312 g/mol. The third-order valence-corrected chi connectivity index (χ3v) is 4.14. The highest BCUT2D eigenvalue weighted by Gasteiger charge is 2.09. The molecule has 3 rings (SSSR count). The molecule has 0 saturated heterocycles. The summed E-state index contributed by atoms with van der Waals surface area (Å²) in [7, 11) is 1.51. The number of aryl methyl sites for hydroxylation is 1. The van der Waals surface area contributed by atoms with E-state index in [0.29, 0.717) is 6.54 Å². The lowest BCUT2D eigenvalue weighted by molar-refractivity contribution is 0.0943. The summed E-state index contributed by atoms with van der Waals surface area (Å²) in [5.74, 6) is -0.324. The molecule has 116 valence electrons. The van der Waals surface area contributed by atoms with Crippen molar-refractivity contribution in [1.29, 1.82) is 0 Å². The van der Waals surface area contributed by atoms with Crippen LogP contribution in [0.2, 0.25) is 0 Å². The molecule has 0 spiro atoms. The van der Waals surface area contributed by atoms with Gasteiger partial charge in [0.1, 0.15) is 5.69 Å². The number of rotatable bonds is 4. The molecule has 0 atom stereocenters. The van der Waals surface area contributed by atoms with Crippen molar-refractivity contribution in [2.24, 2.45) is 7.05 Å². The summed E-state index contributed by atoms with van der Waals surface area (Å²) in [6.45, 7) is 0.365. The van der Waals surface area contributed by atoms with Crippen LogP contribution < -0.4 is 10.9 Å². The third-order valence-electron chi connectivity index (χ3n) is 3.24. The Kier molecular flexibility index (Phi) is 4.29. The Balaban J connectivity index is 1.70. The van der Waals surface area contributed by atoms with E-state index in [1.165, 1.54) is 19.2 Å². The molecule has 1 N–H and O–H groups in total. The SMILES string of the molecule is Cn1nc(C(=O)NCc2ccnc(-c3cccs3)c2)ccc1=O. The lowest BCUT2D eigenvalue weighted by Crippen LogP contribution is -2.28. The van der Waals surface area contributed by atoms with Crippen molar-refractivity contribution < 1.29 is 4.79 Å². The first-order valence-corrected chi connectivity index (χ1v) is 7.83. The summed E-state index contributed by atoms with van der Waals surface area (Å²) < 4.78 is 1.14. The number of aromatic nitrogens is 3. The predicted octanol–water partition coefficient (Wildman–Crippen LogP) is 1.83. The second-order valence-corrected chi connectivity index (χ2v) is 5.84. The quantitative estimate of drug-likeness (QED) is 0.793. The first-order chi connectivity index (χ1) is 11.1. The molecule has 0 aliphatic heterocycles. The Morgan fingerprint density at radius 2 is 2.17 bits per heavy atom. The Hall–Kier alpha value is -2.80. The van der Waals surface area contributed by atoms with Gasteiger partial charge >= 0.3 is 0 Å². The van der Waals surface area contributed by atoms with Crippen molar-refractivity contribution >= 4 is 17.2 Å². The molecule has 0 radical (unpaired) electrons. The van der Waals surface area contributed by atoms with E-state index in [9.17, 15) is 9.59 Å². The van der Waals surface area contributed by atoms with E-state index in [1.807, 2.05) is 29.6 Å². The molecule has 0 unspecified atom stereocenters. The van der Waals surface area contributed by atoms with Crippen LogP contribution in [-0.2, 0) is 13.6 Å². The van der Waals surface area contributed by atoms with E-state index in [0.717, 1.165) is 20.8 Å². The number of nitrogens with one attached hydrogen (secondary N) is 1. The van der Waals surface area contributed by atoms with Gasteiger partial charge in [-0.05, 0) is 35.2 Å². The molecule has 1 amide bonds. The summed E-state index contributed by atoms with van der Waals surface area (Å²) in [6.07, 6.45) is 1.72. The number of hydrogen-bond donors (Lipinski definition) is 1. The zero-order chi connectivity index (χ0) is 16.2. The highest BCUT2D eigenvalue weighted by molar-refractivity contribution is 7.13. The molecule has 0 aliphatic carbocycles. The maximum atomic E-state index is 12.1. The molecule has 23 heavy (non-hydrogen) atoms. The summed E-state index contributed by atoms with van der Waals surface area (Å²) in [4.78, 5) is 28.8. The minimum absolute atomic E-state index is 0.208. The number of carbonyl (C=O) groups is 1. The van der Waals surface area contributed by atoms with Gasteiger partial charge in [-0.1, -0.05) is 6.07 Å². The van der Waals surface area contributed by atoms with Crippen LogP contribution in [0.15, 0.2) is 52.8 Å². The smallest absolute Gasteiger partial charge is 0.271 e. The Bertz CT molecular complexity index is 887. The van der Waals surface area contributed by atoms with Crippen LogP contribution in [0.5, 0.6) is 0 Å². The minimum atomic E-state index is -0.324. The largest absolute Gasteiger partial charge is 0.347 e. The maximum absolute atomic E-state index is 12.1. The van der Waals surface area contributed by atoms with Gasteiger partial charge < -0.3 is 5.32 Å². The van der Waals surface area contributed by atoms with Crippen LogP contribution in [0.1, 0.15) is 16.1 Å². The van der Waals surface area contributed by atoms with Crippen LogP contribution in [0.3, 0.4) is 0 Å². The normalized spacial score (nSPS) is 10.5. The number of thiophene rings is 1. The Labute approximate surface area is 136 Å². The molecule has 0 fully saturated rings. The highest BCUT2D eigenvalue weighted by atomic mass is 32.1. The van der Waals surface area contributed by atoms with Gasteiger partial charge in [0.15, 0.2) is 0 Å². The fraction of sp³-hybridized carbons (Fsp3) is 0.125. The summed E-state index contributed by atoms with van der Waals surface area (Å²) in [6, 6.07) is 10.5. The standard InChI is InChI=1S/C16H14N4O2S/c1-20-15(21)5-4-12(19-20)16(22)18-10-11-6-7-17-13(9-11)14-3-2-8-23-14/h2-9H,10H2,1H3,(H,18,22). The van der Waals surface area contributed by atoms with E-state index in [4.69, 9.17) is 0 Å². The molecule has 0 saturated carbocycles. The number of hydrogen-bond acceptors (Lipinski definition) is 5. The van der Waals surface area contributed by atoms with Crippen molar-refractivity contribution in [3.05, 3.63) is 69.6 Å². The Morgan fingerprint density at radius 1 is 1.30 bits per heavy atom. The van der Waals surface area contributed by atoms with Gasteiger partial charge in [0.2, 0.25) is 0 Å². The molecule has 0 aromatic carbocycles. The van der Waals surface area contributed by atoms with Crippen molar-refractivity contribution in [1.82, 2.24) is 20.1 Å². The van der Waals surface area contributed by atoms with E-state index >= 15 is 0 Å². The zero-order valence-electron chi connectivity index (χ0n) is 12.4. The number of amides is 1. The van der Waals surface area contributed by atoms with Gasteiger partial charge in [0.25, 0.3) is 11.5 Å². The van der Waals surface area contributed by atoms with E-state index in [1.54, 1.807) is 17.5 Å². The van der Waals surface area contributed by atoms with Gasteiger partial charge in [-0.3, -0.25) is 14.6 Å². The van der Waals surface area contributed by atoms with Crippen LogP contribution >= 0.6 is 11.3 Å². The van der Waals surface area contributed by atoms with Gasteiger partial charge in [0.05, 0.1) is 10.6 Å². The van der Waals surface area contributed by atoms with Gasteiger partial charge in [-0.15, -0.1) is 11.3 Å².